The second kappa shape index (κ2) is 8.48. The number of anilines is 1. The lowest BCUT2D eigenvalue weighted by atomic mass is 10.0. The summed E-state index contributed by atoms with van der Waals surface area (Å²) in [4.78, 5) is 38.6. The Morgan fingerprint density at radius 1 is 1.20 bits per heavy atom. The van der Waals surface area contributed by atoms with Crippen molar-refractivity contribution in [3.05, 3.63) is 24.3 Å². The molecule has 1 fully saturated rings. The van der Waals surface area contributed by atoms with Gasteiger partial charge in [-0.15, -0.1) is 0 Å². The van der Waals surface area contributed by atoms with Crippen molar-refractivity contribution in [2.75, 3.05) is 38.0 Å². The Balaban J connectivity index is 1.87. The Labute approximate surface area is 146 Å². The number of nitrogens with one attached hydrogen (secondary N) is 1. The highest BCUT2D eigenvalue weighted by atomic mass is 16.4. The second-order valence-electron chi connectivity index (χ2n) is 6.14. The molecule has 1 aliphatic heterocycles. The zero-order valence-electron chi connectivity index (χ0n) is 14.1. The van der Waals surface area contributed by atoms with Gasteiger partial charge in [-0.25, -0.2) is 0 Å². The Hall–Kier alpha value is -2.61. The standard InChI is InChI=1S/C17H23N3O5/c1-12(21)20-7-5-19(6-8-20)11-13(17(24)25)9-16(23)18-14-3-2-4-15(22)10-14/h2-4,10,13,22H,5-9,11H2,1H3,(H,18,23)(H,24,25)/t13-/m0/s1. The average Bonchev–Trinajstić information content (AvgIpc) is 2.54. The SMILES string of the molecule is CC(=O)N1CCN(C[C@H](CC(=O)Nc2cccc(O)c2)C(=O)O)CC1. The van der Waals surface area contributed by atoms with Crippen LogP contribution in [0, 0.1) is 5.92 Å². The maximum Gasteiger partial charge on any atom is 0.308 e. The van der Waals surface area contributed by atoms with Crippen molar-refractivity contribution in [2.45, 2.75) is 13.3 Å². The average molecular weight is 349 g/mol. The van der Waals surface area contributed by atoms with Gasteiger partial charge in [0.15, 0.2) is 0 Å². The van der Waals surface area contributed by atoms with Crippen molar-refractivity contribution in [3.63, 3.8) is 0 Å². The fraction of sp³-hybridized carbons (Fsp3) is 0.471. The van der Waals surface area contributed by atoms with Crippen LogP contribution < -0.4 is 5.32 Å². The topological polar surface area (TPSA) is 110 Å². The van der Waals surface area contributed by atoms with Crippen LogP contribution in [0.15, 0.2) is 24.3 Å². The summed E-state index contributed by atoms with van der Waals surface area (Å²) in [5.41, 5.74) is 0.421. The van der Waals surface area contributed by atoms with Crippen LogP contribution in [0.5, 0.6) is 5.75 Å². The Bertz CT molecular complexity index is 641. The van der Waals surface area contributed by atoms with E-state index in [4.69, 9.17) is 0 Å². The zero-order chi connectivity index (χ0) is 18.4. The maximum absolute atomic E-state index is 12.1. The number of phenols is 1. The molecule has 25 heavy (non-hydrogen) atoms. The van der Waals surface area contributed by atoms with Gasteiger partial charge in [-0.3, -0.25) is 19.3 Å². The van der Waals surface area contributed by atoms with E-state index >= 15 is 0 Å². The largest absolute Gasteiger partial charge is 0.508 e. The van der Waals surface area contributed by atoms with Crippen molar-refractivity contribution in [1.82, 2.24) is 9.80 Å². The summed E-state index contributed by atoms with van der Waals surface area (Å²) in [6, 6.07) is 6.09. The lowest BCUT2D eigenvalue weighted by molar-refractivity contribution is -0.144. The molecule has 3 N–H and O–H groups in total. The van der Waals surface area contributed by atoms with Gasteiger partial charge in [0.05, 0.1) is 5.92 Å². The van der Waals surface area contributed by atoms with E-state index in [9.17, 15) is 24.6 Å². The van der Waals surface area contributed by atoms with Crippen LogP contribution in [0.1, 0.15) is 13.3 Å². The molecule has 1 aliphatic rings. The smallest absolute Gasteiger partial charge is 0.308 e. The summed E-state index contributed by atoms with van der Waals surface area (Å²) in [5, 5.41) is 21.4. The van der Waals surface area contributed by atoms with Crippen molar-refractivity contribution >= 4 is 23.5 Å². The Morgan fingerprint density at radius 2 is 1.88 bits per heavy atom. The lowest BCUT2D eigenvalue weighted by Gasteiger charge is -2.35. The van der Waals surface area contributed by atoms with Gasteiger partial charge in [-0.2, -0.15) is 0 Å². The van der Waals surface area contributed by atoms with Gasteiger partial charge in [0.25, 0.3) is 0 Å². The van der Waals surface area contributed by atoms with Crippen LogP contribution in [0.2, 0.25) is 0 Å². The number of carbonyl (C=O) groups is 3. The van der Waals surface area contributed by atoms with Crippen LogP contribution >= 0.6 is 0 Å². The summed E-state index contributed by atoms with van der Waals surface area (Å²) in [6.45, 7) is 4.10. The van der Waals surface area contributed by atoms with E-state index in [2.05, 4.69) is 5.32 Å². The molecule has 1 aromatic carbocycles. The molecule has 1 atom stereocenters. The predicted molar refractivity (Wildman–Crippen MR) is 91.2 cm³/mol. The number of hydrogen-bond acceptors (Lipinski definition) is 5. The predicted octanol–water partition coefficient (Wildman–Crippen LogP) is 0.586. The van der Waals surface area contributed by atoms with Crippen LogP contribution in [0.3, 0.4) is 0 Å². The highest BCUT2D eigenvalue weighted by Gasteiger charge is 2.27. The van der Waals surface area contributed by atoms with Gasteiger partial charge in [0, 0.05) is 57.8 Å². The van der Waals surface area contributed by atoms with Crippen LogP contribution in [-0.2, 0) is 14.4 Å². The van der Waals surface area contributed by atoms with Gasteiger partial charge in [0.2, 0.25) is 11.8 Å². The number of phenolic OH excluding ortho intramolecular Hbond substituents is 1. The molecule has 8 heteroatoms. The van der Waals surface area contributed by atoms with Crippen LogP contribution in [-0.4, -0.2) is 70.5 Å². The molecular formula is C17H23N3O5. The van der Waals surface area contributed by atoms with Crippen molar-refractivity contribution in [3.8, 4) is 5.75 Å². The summed E-state index contributed by atoms with van der Waals surface area (Å²) >= 11 is 0. The van der Waals surface area contributed by atoms with Gasteiger partial charge in [0.1, 0.15) is 5.75 Å². The normalized spacial score (nSPS) is 16.3. The van der Waals surface area contributed by atoms with E-state index in [1.54, 1.807) is 17.0 Å². The molecule has 2 amide bonds. The highest BCUT2D eigenvalue weighted by Crippen LogP contribution is 2.17. The van der Waals surface area contributed by atoms with E-state index in [0.717, 1.165) is 0 Å². The van der Waals surface area contributed by atoms with E-state index in [0.29, 0.717) is 31.9 Å². The summed E-state index contributed by atoms with van der Waals surface area (Å²) < 4.78 is 0. The van der Waals surface area contributed by atoms with Crippen molar-refractivity contribution in [1.29, 1.82) is 0 Å². The molecule has 0 bridgehead atoms. The molecule has 1 saturated heterocycles. The zero-order valence-corrected chi connectivity index (χ0v) is 14.1. The number of piperazine rings is 1. The number of amides is 2. The molecule has 8 nitrogen and oxygen atoms in total. The molecular weight excluding hydrogens is 326 g/mol. The first-order chi connectivity index (χ1) is 11.8. The molecule has 136 valence electrons. The van der Waals surface area contributed by atoms with Crippen molar-refractivity contribution < 1.29 is 24.6 Å². The molecule has 0 spiro atoms. The highest BCUT2D eigenvalue weighted by molar-refractivity contribution is 5.93. The minimum Gasteiger partial charge on any atom is -0.508 e. The minimum atomic E-state index is -1.03. The number of nitrogens with zero attached hydrogens (tertiary/aromatic N) is 2. The number of carbonyl (C=O) groups excluding carboxylic acids is 2. The first-order valence-corrected chi connectivity index (χ1v) is 8.14. The number of carboxylic acid groups (broad SMARTS) is 1. The third-order valence-corrected chi connectivity index (χ3v) is 4.21. The Kier molecular flexibility index (Phi) is 6.35. The number of rotatable bonds is 6. The molecule has 2 rings (SSSR count). The third-order valence-electron chi connectivity index (χ3n) is 4.21. The lowest BCUT2D eigenvalue weighted by Crippen LogP contribution is -2.50. The quantitative estimate of drug-likeness (QED) is 0.693. The van der Waals surface area contributed by atoms with E-state index < -0.39 is 17.8 Å². The van der Waals surface area contributed by atoms with E-state index in [1.165, 1.54) is 19.1 Å². The first kappa shape index (κ1) is 18.7. The second-order valence-corrected chi connectivity index (χ2v) is 6.14. The van der Waals surface area contributed by atoms with Crippen LogP contribution in [0.25, 0.3) is 0 Å². The molecule has 0 radical (unpaired) electrons. The van der Waals surface area contributed by atoms with Gasteiger partial charge < -0.3 is 20.4 Å². The first-order valence-electron chi connectivity index (χ1n) is 8.14. The Morgan fingerprint density at radius 3 is 2.44 bits per heavy atom. The molecule has 0 unspecified atom stereocenters. The van der Waals surface area contributed by atoms with Crippen molar-refractivity contribution in [2.24, 2.45) is 5.92 Å². The molecule has 0 aliphatic carbocycles. The van der Waals surface area contributed by atoms with Gasteiger partial charge in [-0.05, 0) is 12.1 Å². The number of aromatic hydroxyl groups is 1. The molecule has 0 saturated carbocycles. The van der Waals surface area contributed by atoms with E-state index in [-0.39, 0.29) is 24.6 Å². The molecule has 0 aromatic heterocycles. The number of aliphatic carboxylic acids is 1. The minimum absolute atomic E-state index is 0.0138. The monoisotopic (exact) mass is 349 g/mol. The van der Waals surface area contributed by atoms with Crippen LogP contribution in [0.4, 0.5) is 5.69 Å². The number of carboxylic acids is 1. The van der Waals surface area contributed by atoms with Gasteiger partial charge >= 0.3 is 5.97 Å². The fourth-order valence-electron chi connectivity index (χ4n) is 2.81. The summed E-state index contributed by atoms with van der Waals surface area (Å²) in [7, 11) is 0. The number of hydrogen-bond donors (Lipinski definition) is 3. The fourth-order valence-corrected chi connectivity index (χ4v) is 2.81. The molecule has 1 aromatic rings. The maximum atomic E-state index is 12.1. The van der Waals surface area contributed by atoms with E-state index in [1.807, 2.05) is 4.90 Å². The third kappa shape index (κ3) is 5.75. The molecule has 1 heterocycles. The summed E-state index contributed by atoms with van der Waals surface area (Å²) in [6.07, 6.45) is -0.155. The van der Waals surface area contributed by atoms with Gasteiger partial charge in [-0.1, -0.05) is 6.07 Å². The summed E-state index contributed by atoms with van der Waals surface area (Å²) in [5.74, 6) is -2.24. The number of benzene rings is 1.